The summed E-state index contributed by atoms with van der Waals surface area (Å²) in [4.78, 5) is 2.15. The predicted molar refractivity (Wildman–Crippen MR) is 114 cm³/mol. The molecule has 0 saturated carbocycles. The maximum Gasteiger partial charge on any atom is 0.151 e. The Morgan fingerprint density at radius 2 is 2.30 bits per heavy atom. The molecule has 0 aromatic carbocycles. The molecule has 3 N–H and O–H groups in total. The van der Waals surface area contributed by atoms with E-state index in [4.69, 9.17) is 19.6 Å². The average molecular weight is 422 g/mol. The van der Waals surface area contributed by atoms with Crippen molar-refractivity contribution in [2.45, 2.75) is 45.4 Å². The number of allylic oxidation sites excluding steroid dienone is 2. The number of rotatable bonds is 9. The Balaban J connectivity index is 1.79. The van der Waals surface area contributed by atoms with Crippen LogP contribution < -0.4 is 10.7 Å². The summed E-state index contributed by atoms with van der Waals surface area (Å²) in [7, 11) is 1.66. The van der Waals surface area contributed by atoms with E-state index in [2.05, 4.69) is 20.7 Å². The molecule has 9 heteroatoms. The Bertz CT molecular complexity index is 760. The van der Waals surface area contributed by atoms with Crippen molar-refractivity contribution in [3.63, 3.8) is 0 Å². The summed E-state index contributed by atoms with van der Waals surface area (Å²) in [5.41, 5.74) is 4.85. The van der Waals surface area contributed by atoms with Gasteiger partial charge in [-0.25, -0.2) is 4.39 Å². The van der Waals surface area contributed by atoms with E-state index in [1.807, 2.05) is 26.8 Å². The summed E-state index contributed by atoms with van der Waals surface area (Å²) >= 11 is 0. The topological polar surface area (TPSA) is 91.2 Å². The fourth-order valence-electron chi connectivity index (χ4n) is 3.87. The van der Waals surface area contributed by atoms with E-state index in [0.717, 1.165) is 23.7 Å². The van der Waals surface area contributed by atoms with Gasteiger partial charge < -0.3 is 29.9 Å². The van der Waals surface area contributed by atoms with Gasteiger partial charge in [0.15, 0.2) is 5.76 Å². The molecule has 3 atom stereocenters. The van der Waals surface area contributed by atoms with Gasteiger partial charge in [0.25, 0.3) is 0 Å². The molecule has 2 aliphatic heterocycles. The summed E-state index contributed by atoms with van der Waals surface area (Å²) in [6.07, 6.45) is 5.08. The van der Waals surface area contributed by atoms with Crippen LogP contribution in [0.15, 0.2) is 40.2 Å². The monoisotopic (exact) mass is 421 g/mol. The van der Waals surface area contributed by atoms with Gasteiger partial charge in [0, 0.05) is 38.1 Å². The minimum Gasteiger partial charge on any atom is -0.488 e. The van der Waals surface area contributed by atoms with Gasteiger partial charge in [0.1, 0.15) is 11.6 Å². The molecule has 8 nitrogen and oxygen atoms in total. The van der Waals surface area contributed by atoms with Crippen LogP contribution in [-0.4, -0.2) is 68.6 Å². The summed E-state index contributed by atoms with van der Waals surface area (Å²) in [5, 5.41) is 15.0. The van der Waals surface area contributed by atoms with Crippen molar-refractivity contribution >= 4 is 12.1 Å². The summed E-state index contributed by atoms with van der Waals surface area (Å²) < 4.78 is 31.0. The van der Waals surface area contributed by atoms with Gasteiger partial charge in [-0.2, -0.15) is 5.10 Å². The van der Waals surface area contributed by atoms with Gasteiger partial charge in [0.05, 0.1) is 43.5 Å². The van der Waals surface area contributed by atoms with Crippen molar-refractivity contribution in [1.29, 1.82) is 5.41 Å². The maximum absolute atomic E-state index is 14.4. The number of hydrazone groups is 1. The van der Waals surface area contributed by atoms with Gasteiger partial charge >= 0.3 is 0 Å². The zero-order chi connectivity index (χ0) is 21.7. The van der Waals surface area contributed by atoms with Crippen LogP contribution in [0.2, 0.25) is 0 Å². The molecule has 0 amide bonds. The quantitative estimate of drug-likeness (QED) is 0.391. The number of hydrogen-bond acceptors (Lipinski definition) is 7. The lowest BCUT2D eigenvalue weighted by molar-refractivity contribution is -0.0532. The first kappa shape index (κ1) is 22.3. The first-order valence-electron chi connectivity index (χ1n) is 10.4. The second-order valence-corrected chi connectivity index (χ2v) is 7.94. The fraction of sp³-hybridized carbons (Fsp3) is 0.619. The van der Waals surface area contributed by atoms with E-state index in [9.17, 15) is 4.39 Å². The minimum absolute atomic E-state index is 0.0187. The van der Waals surface area contributed by atoms with Crippen molar-refractivity contribution < 1.29 is 18.6 Å². The fourth-order valence-corrected chi connectivity index (χ4v) is 3.87. The maximum atomic E-state index is 14.4. The standard InChI is InChI=1S/C21H32FN5O3/c1-13(2)30-19-8-16-18(9-17(19)22)25-26-21(16)14(3)7-20(24-12-23)27-5-6-29-15(10-27)11-28-4/h7-8,12-15,18,25H,5-6,9-11H2,1-4H3,(H2,23,24)/b20-7+. The van der Waals surface area contributed by atoms with Crippen LogP contribution >= 0.6 is 0 Å². The van der Waals surface area contributed by atoms with E-state index < -0.39 is 0 Å². The van der Waals surface area contributed by atoms with Crippen LogP contribution in [0, 0.1) is 11.3 Å². The predicted octanol–water partition coefficient (Wildman–Crippen LogP) is 2.27. The second-order valence-electron chi connectivity index (χ2n) is 7.94. The first-order valence-corrected chi connectivity index (χ1v) is 10.4. The third-order valence-electron chi connectivity index (χ3n) is 5.20. The van der Waals surface area contributed by atoms with Gasteiger partial charge in [0.2, 0.25) is 0 Å². The Morgan fingerprint density at radius 1 is 1.50 bits per heavy atom. The lowest BCUT2D eigenvalue weighted by Gasteiger charge is -2.35. The zero-order valence-corrected chi connectivity index (χ0v) is 18.1. The average Bonchev–Trinajstić information content (AvgIpc) is 3.10. The Hall–Kier alpha value is -2.39. The van der Waals surface area contributed by atoms with Gasteiger partial charge in [-0.3, -0.25) is 5.41 Å². The number of nitrogens with one attached hydrogen (secondary N) is 3. The van der Waals surface area contributed by atoms with Crippen LogP contribution in [-0.2, 0) is 14.2 Å². The highest BCUT2D eigenvalue weighted by Gasteiger charge is 2.34. The summed E-state index contributed by atoms with van der Waals surface area (Å²) in [6, 6.07) is -0.177. The Labute approximate surface area is 177 Å². The Morgan fingerprint density at radius 3 is 3.00 bits per heavy atom. The van der Waals surface area contributed by atoms with Crippen LogP contribution in [0.1, 0.15) is 27.2 Å². The van der Waals surface area contributed by atoms with Gasteiger partial charge in [-0.1, -0.05) is 6.92 Å². The van der Waals surface area contributed by atoms with Crippen molar-refractivity contribution in [1.82, 2.24) is 15.6 Å². The van der Waals surface area contributed by atoms with Crippen molar-refractivity contribution in [3.8, 4) is 0 Å². The van der Waals surface area contributed by atoms with Gasteiger partial charge in [-0.05, 0) is 26.0 Å². The molecule has 30 heavy (non-hydrogen) atoms. The lowest BCUT2D eigenvalue weighted by Crippen LogP contribution is -2.46. The molecule has 2 heterocycles. The van der Waals surface area contributed by atoms with Gasteiger partial charge in [-0.15, -0.1) is 0 Å². The normalized spacial score (nSPS) is 25.4. The molecule has 0 aromatic heterocycles. The molecule has 0 aromatic rings. The van der Waals surface area contributed by atoms with E-state index in [1.165, 1.54) is 6.34 Å². The largest absolute Gasteiger partial charge is 0.488 e. The molecular weight excluding hydrogens is 389 g/mol. The number of fused-ring (bicyclic) bond motifs is 1. The number of hydrogen-bond donors (Lipinski definition) is 3. The van der Waals surface area contributed by atoms with Crippen molar-refractivity contribution in [2.24, 2.45) is 11.0 Å². The number of methoxy groups -OCH3 is 1. The minimum atomic E-state index is -0.256. The first-order chi connectivity index (χ1) is 14.4. The highest BCUT2D eigenvalue weighted by atomic mass is 19.1. The molecule has 3 rings (SSSR count). The molecule has 1 aliphatic carbocycles. The number of ether oxygens (including phenoxy) is 3. The smallest absolute Gasteiger partial charge is 0.151 e. The molecule has 0 bridgehead atoms. The molecule has 1 fully saturated rings. The Kier molecular flexibility index (Phi) is 7.49. The molecular formula is C21H32FN5O3. The zero-order valence-electron chi connectivity index (χ0n) is 18.1. The van der Waals surface area contributed by atoms with E-state index in [0.29, 0.717) is 19.8 Å². The van der Waals surface area contributed by atoms with Crippen molar-refractivity contribution in [2.75, 3.05) is 33.4 Å². The number of nitrogens with zero attached hydrogens (tertiary/aromatic N) is 2. The van der Waals surface area contributed by atoms with E-state index in [-0.39, 0.29) is 42.2 Å². The second kappa shape index (κ2) is 10.1. The molecule has 166 valence electrons. The summed E-state index contributed by atoms with van der Waals surface area (Å²) in [6.45, 7) is 8.31. The van der Waals surface area contributed by atoms with Crippen molar-refractivity contribution in [3.05, 3.63) is 35.1 Å². The molecule has 3 unspecified atom stereocenters. The van der Waals surface area contributed by atoms with E-state index in [1.54, 1.807) is 13.2 Å². The molecule has 0 spiro atoms. The van der Waals surface area contributed by atoms with E-state index >= 15 is 0 Å². The van der Waals surface area contributed by atoms with Crippen LogP contribution in [0.3, 0.4) is 0 Å². The molecule has 3 aliphatic rings. The highest BCUT2D eigenvalue weighted by Crippen LogP contribution is 2.32. The molecule has 1 saturated heterocycles. The third kappa shape index (κ3) is 5.20. The SMILES string of the molecule is COCC1CN(/C(=C/C(C)C2=NNC3CC(F)=C(OC(C)C)C=C23)NC=N)CCO1. The number of morpholine rings is 1. The highest BCUT2D eigenvalue weighted by molar-refractivity contribution is 6.05. The number of halogens is 1. The lowest BCUT2D eigenvalue weighted by atomic mass is 9.89. The van der Waals surface area contributed by atoms with Crippen LogP contribution in [0.4, 0.5) is 4.39 Å². The van der Waals surface area contributed by atoms with Crippen LogP contribution in [0.5, 0.6) is 0 Å². The van der Waals surface area contributed by atoms with Crippen LogP contribution in [0.25, 0.3) is 0 Å². The third-order valence-corrected chi connectivity index (χ3v) is 5.20. The molecule has 0 radical (unpaired) electrons. The summed E-state index contributed by atoms with van der Waals surface area (Å²) in [5.74, 6) is 0.803.